The summed E-state index contributed by atoms with van der Waals surface area (Å²) in [6, 6.07) is -0.0590. The molecular weight excluding hydrogens is 232 g/mol. The highest BCUT2D eigenvalue weighted by Gasteiger charge is 2.36. The lowest BCUT2D eigenvalue weighted by atomic mass is 10.2. The van der Waals surface area contributed by atoms with E-state index in [9.17, 15) is 9.59 Å². The molecule has 1 fully saturated rings. The van der Waals surface area contributed by atoms with Crippen molar-refractivity contribution in [3.05, 3.63) is 0 Å². The monoisotopic (exact) mass is 252 g/mol. The van der Waals surface area contributed by atoms with Crippen molar-refractivity contribution in [2.24, 2.45) is 0 Å². The molecule has 5 nitrogen and oxygen atoms in total. The van der Waals surface area contributed by atoms with Gasteiger partial charge in [-0.05, 0) is 26.7 Å². The lowest BCUT2D eigenvalue weighted by Crippen LogP contribution is -2.48. The molecule has 1 N–H and O–H groups in total. The molecule has 5 heteroatoms. The van der Waals surface area contributed by atoms with Crippen LogP contribution in [-0.2, 0) is 14.3 Å². The fraction of sp³-hybridized carbons (Fsp3) is 0.692. The van der Waals surface area contributed by atoms with Gasteiger partial charge in [0, 0.05) is 6.04 Å². The van der Waals surface area contributed by atoms with Gasteiger partial charge in [0.2, 0.25) is 5.91 Å². The Hall–Kier alpha value is -1.54. The van der Waals surface area contributed by atoms with E-state index >= 15 is 0 Å². The summed E-state index contributed by atoms with van der Waals surface area (Å²) in [5.41, 5.74) is 0. The van der Waals surface area contributed by atoms with Crippen molar-refractivity contribution in [3.63, 3.8) is 0 Å². The smallest absolute Gasteiger partial charge is 0.320 e. The molecule has 0 bridgehead atoms. The molecule has 0 saturated heterocycles. The Morgan fingerprint density at radius 2 is 2.22 bits per heavy atom. The van der Waals surface area contributed by atoms with Crippen LogP contribution >= 0.6 is 0 Å². The van der Waals surface area contributed by atoms with Crippen molar-refractivity contribution in [1.29, 1.82) is 0 Å². The van der Waals surface area contributed by atoms with Gasteiger partial charge in [0.25, 0.3) is 0 Å². The summed E-state index contributed by atoms with van der Waals surface area (Å²) in [6.45, 7) is 4.27. The van der Waals surface area contributed by atoms with Gasteiger partial charge in [-0.15, -0.1) is 6.42 Å². The van der Waals surface area contributed by atoms with Crippen molar-refractivity contribution in [3.8, 4) is 12.3 Å². The summed E-state index contributed by atoms with van der Waals surface area (Å²) in [5.74, 6) is 1.92. The van der Waals surface area contributed by atoms with Crippen LogP contribution < -0.4 is 5.32 Å². The molecule has 1 unspecified atom stereocenters. The SMILES string of the molecule is C#CCNC(=O)C(C)N(CC(=O)OCC)C1CC1. The molecule has 18 heavy (non-hydrogen) atoms. The topological polar surface area (TPSA) is 58.6 Å². The number of esters is 1. The molecule has 1 atom stereocenters. The van der Waals surface area contributed by atoms with Crippen LogP contribution in [0.1, 0.15) is 26.7 Å². The third kappa shape index (κ3) is 4.38. The summed E-state index contributed by atoms with van der Waals surface area (Å²) in [4.78, 5) is 25.2. The van der Waals surface area contributed by atoms with E-state index in [2.05, 4.69) is 11.2 Å². The molecule has 0 aromatic rings. The van der Waals surface area contributed by atoms with Crippen LogP contribution in [0.4, 0.5) is 0 Å². The van der Waals surface area contributed by atoms with Crippen molar-refractivity contribution >= 4 is 11.9 Å². The molecule has 1 rings (SSSR count). The van der Waals surface area contributed by atoms with Crippen molar-refractivity contribution in [2.75, 3.05) is 19.7 Å². The Labute approximate surface area is 108 Å². The number of carbonyl (C=O) groups is 2. The summed E-state index contributed by atoms with van der Waals surface area (Å²) in [5, 5.41) is 2.63. The minimum absolute atomic E-state index is 0.149. The Kier molecular flexibility index (Phi) is 5.66. The molecule has 1 aliphatic carbocycles. The first-order valence-corrected chi connectivity index (χ1v) is 6.22. The quantitative estimate of drug-likeness (QED) is 0.518. The molecule has 0 aromatic heterocycles. The van der Waals surface area contributed by atoms with E-state index < -0.39 is 0 Å². The number of amides is 1. The number of hydrogen-bond acceptors (Lipinski definition) is 4. The zero-order chi connectivity index (χ0) is 13.5. The summed E-state index contributed by atoms with van der Waals surface area (Å²) >= 11 is 0. The molecule has 100 valence electrons. The summed E-state index contributed by atoms with van der Waals surface area (Å²) in [6.07, 6.45) is 7.13. The van der Waals surface area contributed by atoms with Gasteiger partial charge >= 0.3 is 5.97 Å². The average Bonchev–Trinajstić information content (AvgIpc) is 3.16. The number of ether oxygens (including phenoxy) is 1. The van der Waals surface area contributed by atoms with E-state index in [0.29, 0.717) is 12.6 Å². The molecular formula is C13H20N2O3. The van der Waals surface area contributed by atoms with Crippen molar-refractivity contribution in [1.82, 2.24) is 10.2 Å². The van der Waals surface area contributed by atoms with E-state index in [1.54, 1.807) is 13.8 Å². The number of nitrogens with one attached hydrogen (secondary N) is 1. The molecule has 1 aliphatic rings. The van der Waals surface area contributed by atoms with Crippen LogP contribution in [0.2, 0.25) is 0 Å². The Morgan fingerprint density at radius 1 is 1.56 bits per heavy atom. The summed E-state index contributed by atoms with van der Waals surface area (Å²) < 4.78 is 4.92. The molecule has 0 radical (unpaired) electrons. The van der Waals surface area contributed by atoms with E-state index in [1.165, 1.54) is 0 Å². The maximum absolute atomic E-state index is 11.8. The van der Waals surface area contributed by atoms with Gasteiger partial charge in [0.15, 0.2) is 0 Å². The number of nitrogens with zero attached hydrogens (tertiary/aromatic N) is 1. The maximum atomic E-state index is 11.8. The fourth-order valence-corrected chi connectivity index (χ4v) is 1.78. The number of hydrogen-bond donors (Lipinski definition) is 1. The standard InChI is InChI=1S/C13H20N2O3/c1-4-8-14-13(17)10(3)15(11-6-7-11)9-12(16)18-5-2/h1,10-11H,5-9H2,2-3H3,(H,14,17). The Balaban J connectivity index is 2.53. The third-order valence-electron chi connectivity index (χ3n) is 2.87. The van der Waals surface area contributed by atoms with Gasteiger partial charge in [-0.25, -0.2) is 0 Å². The lowest BCUT2D eigenvalue weighted by Gasteiger charge is -2.26. The maximum Gasteiger partial charge on any atom is 0.320 e. The Bertz CT molecular complexity index is 345. The van der Waals surface area contributed by atoms with E-state index in [0.717, 1.165) is 12.8 Å². The van der Waals surface area contributed by atoms with Crippen LogP contribution in [0.5, 0.6) is 0 Å². The van der Waals surface area contributed by atoms with Crippen LogP contribution in [0.25, 0.3) is 0 Å². The molecule has 0 aromatic carbocycles. The number of carbonyl (C=O) groups excluding carboxylic acids is 2. The van der Waals surface area contributed by atoms with Gasteiger partial charge in [-0.1, -0.05) is 5.92 Å². The largest absolute Gasteiger partial charge is 0.465 e. The second-order valence-electron chi connectivity index (χ2n) is 4.31. The number of terminal acetylenes is 1. The van der Waals surface area contributed by atoms with Gasteiger partial charge in [-0.3, -0.25) is 14.5 Å². The second-order valence-corrected chi connectivity index (χ2v) is 4.31. The highest BCUT2D eigenvalue weighted by Crippen LogP contribution is 2.28. The first-order chi connectivity index (χ1) is 8.60. The normalized spacial score (nSPS) is 15.9. The molecule has 1 amide bonds. The first-order valence-electron chi connectivity index (χ1n) is 6.22. The Morgan fingerprint density at radius 3 is 2.72 bits per heavy atom. The summed E-state index contributed by atoms with van der Waals surface area (Å²) in [7, 11) is 0. The zero-order valence-corrected chi connectivity index (χ0v) is 10.9. The van der Waals surface area contributed by atoms with Crippen molar-refractivity contribution < 1.29 is 14.3 Å². The van der Waals surface area contributed by atoms with Gasteiger partial charge in [0.05, 0.1) is 25.7 Å². The second kappa shape index (κ2) is 7.02. The van der Waals surface area contributed by atoms with Crippen LogP contribution in [0, 0.1) is 12.3 Å². The minimum Gasteiger partial charge on any atom is -0.465 e. The minimum atomic E-state index is -0.366. The van der Waals surface area contributed by atoms with Crippen LogP contribution in [0.3, 0.4) is 0 Å². The highest BCUT2D eigenvalue weighted by molar-refractivity contribution is 5.82. The molecule has 1 saturated carbocycles. The number of rotatable bonds is 7. The lowest BCUT2D eigenvalue weighted by molar-refractivity contribution is -0.145. The van der Waals surface area contributed by atoms with Gasteiger partial charge < -0.3 is 10.1 Å². The first kappa shape index (κ1) is 14.5. The third-order valence-corrected chi connectivity index (χ3v) is 2.87. The van der Waals surface area contributed by atoms with E-state index in [1.807, 2.05) is 4.90 Å². The van der Waals surface area contributed by atoms with Crippen molar-refractivity contribution in [2.45, 2.75) is 38.8 Å². The molecule has 0 spiro atoms. The van der Waals surface area contributed by atoms with Gasteiger partial charge in [-0.2, -0.15) is 0 Å². The molecule has 0 heterocycles. The van der Waals surface area contributed by atoms with Crippen LogP contribution in [-0.4, -0.2) is 48.6 Å². The van der Waals surface area contributed by atoms with Gasteiger partial charge in [0.1, 0.15) is 0 Å². The van der Waals surface area contributed by atoms with E-state index in [4.69, 9.17) is 11.2 Å². The predicted molar refractivity (Wildman–Crippen MR) is 67.7 cm³/mol. The predicted octanol–water partition coefficient (Wildman–Crippen LogP) is 0.152. The van der Waals surface area contributed by atoms with E-state index in [-0.39, 0.29) is 31.0 Å². The van der Waals surface area contributed by atoms with Crippen LogP contribution in [0.15, 0.2) is 0 Å². The molecule has 0 aliphatic heterocycles. The fourth-order valence-electron chi connectivity index (χ4n) is 1.78. The zero-order valence-electron chi connectivity index (χ0n) is 10.9. The highest BCUT2D eigenvalue weighted by atomic mass is 16.5. The average molecular weight is 252 g/mol.